The van der Waals surface area contributed by atoms with Crippen molar-refractivity contribution in [3.8, 4) is 16.9 Å². The van der Waals surface area contributed by atoms with Gasteiger partial charge in [0.25, 0.3) is 0 Å². The Morgan fingerprint density at radius 3 is 2.48 bits per heavy atom. The van der Waals surface area contributed by atoms with Gasteiger partial charge in [0.05, 0.1) is 23.8 Å². The van der Waals surface area contributed by atoms with E-state index >= 15 is 0 Å². The predicted molar refractivity (Wildman–Crippen MR) is 172 cm³/mol. The van der Waals surface area contributed by atoms with Gasteiger partial charge < -0.3 is 20.4 Å². The number of piperidine rings is 1. The number of H-pyrrole nitrogens is 1. The van der Waals surface area contributed by atoms with E-state index in [-0.39, 0.29) is 11.7 Å². The fraction of sp³-hybridized carbons (Fsp3) is 0.438. The summed E-state index contributed by atoms with van der Waals surface area (Å²) in [5, 5.41) is 7.26. The minimum absolute atomic E-state index is 0.0158. The molecule has 0 unspecified atom stereocenters. The van der Waals surface area contributed by atoms with Crippen molar-refractivity contribution >= 4 is 21.1 Å². The summed E-state index contributed by atoms with van der Waals surface area (Å²) in [4.78, 5) is 23.0. The Labute approximate surface area is 258 Å². The number of hydrogen-bond acceptors (Lipinski definition) is 8. The Bertz CT molecular complexity index is 1710. The lowest BCUT2D eigenvalue weighted by Crippen LogP contribution is -2.47. The zero-order valence-electron chi connectivity index (χ0n) is 25.2. The summed E-state index contributed by atoms with van der Waals surface area (Å²) in [7, 11) is -1.79. The summed E-state index contributed by atoms with van der Waals surface area (Å²) in [6.07, 6.45) is 4.17. The molecule has 234 valence electrons. The van der Waals surface area contributed by atoms with Crippen molar-refractivity contribution in [2.45, 2.75) is 36.7 Å². The van der Waals surface area contributed by atoms with Crippen LogP contribution in [0.1, 0.15) is 24.8 Å². The van der Waals surface area contributed by atoms with Crippen LogP contribution in [0, 0.1) is 0 Å². The van der Waals surface area contributed by atoms with Crippen molar-refractivity contribution < 1.29 is 13.2 Å². The van der Waals surface area contributed by atoms with E-state index in [9.17, 15) is 13.2 Å². The Morgan fingerprint density at radius 1 is 1.05 bits per heavy atom. The van der Waals surface area contributed by atoms with Crippen LogP contribution in [0.15, 0.2) is 70.5 Å². The van der Waals surface area contributed by atoms with Crippen LogP contribution >= 0.6 is 0 Å². The normalized spacial score (nSPS) is 17.0. The molecule has 2 aliphatic rings. The Hall–Kier alpha value is -3.39. The zero-order valence-corrected chi connectivity index (χ0v) is 26.0. The number of nitrogens with one attached hydrogen (secondary N) is 3. The third kappa shape index (κ3) is 6.80. The molecule has 2 aliphatic heterocycles. The molecule has 2 aromatic carbocycles. The number of aromatic nitrogens is 3. The molecule has 2 aromatic heterocycles. The molecule has 0 spiro atoms. The second-order valence-corrected chi connectivity index (χ2v) is 13.4. The lowest BCUT2D eigenvalue weighted by atomic mass is 10.1. The van der Waals surface area contributed by atoms with E-state index in [4.69, 9.17) is 4.74 Å². The molecular formula is C32H41N7O4S. The lowest BCUT2D eigenvalue weighted by Gasteiger charge is -2.34. The highest BCUT2D eigenvalue weighted by atomic mass is 32.2. The van der Waals surface area contributed by atoms with E-state index in [1.807, 2.05) is 49.5 Å². The van der Waals surface area contributed by atoms with Gasteiger partial charge in [-0.1, -0.05) is 24.3 Å². The van der Waals surface area contributed by atoms with Crippen LogP contribution in [-0.4, -0.2) is 97.7 Å². The topological polar surface area (TPSA) is 125 Å². The molecule has 0 saturated carbocycles. The first-order chi connectivity index (χ1) is 21.4. The molecule has 0 atom stereocenters. The Kier molecular flexibility index (Phi) is 9.55. The van der Waals surface area contributed by atoms with E-state index in [0.717, 1.165) is 99.6 Å². The van der Waals surface area contributed by atoms with Crippen LogP contribution in [0.25, 0.3) is 28.0 Å². The van der Waals surface area contributed by atoms with Gasteiger partial charge in [-0.2, -0.15) is 9.29 Å². The van der Waals surface area contributed by atoms with Gasteiger partial charge in [0.1, 0.15) is 5.65 Å². The number of rotatable bonds is 11. The molecule has 4 heterocycles. The van der Waals surface area contributed by atoms with E-state index in [2.05, 4.69) is 25.5 Å². The number of ether oxygens (including phenoxy) is 1. The smallest absolute Gasteiger partial charge is 0.354 e. The van der Waals surface area contributed by atoms with Gasteiger partial charge in [-0.15, -0.1) is 0 Å². The van der Waals surface area contributed by atoms with Gasteiger partial charge in [0, 0.05) is 49.5 Å². The molecule has 0 radical (unpaired) electrons. The number of morpholine rings is 1. The molecule has 44 heavy (non-hydrogen) atoms. The monoisotopic (exact) mass is 619 g/mol. The fourth-order valence-corrected chi connectivity index (χ4v) is 7.85. The third-order valence-corrected chi connectivity index (χ3v) is 10.5. The molecule has 12 heteroatoms. The molecule has 0 bridgehead atoms. The van der Waals surface area contributed by atoms with Crippen LogP contribution in [0.2, 0.25) is 0 Å². The minimum Gasteiger partial charge on any atom is -0.379 e. The molecular weight excluding hydrogens is 578 g/mol. The van der Waals surface area contributed by atoms with Gasteiger partial charge >= 0.3 is 5.69 Å². The second-order valence-electron chi connectivity index (χ2n) is 11.5. The molecule has 2 saturated heterocycles. The Balaban J connectivity index is 1.21. The van der Waals surface area contributed by atoms with Gasteiger partial charge in [-0.05, 0) is 87.4 Å². The number of aromatic amines is 1. The number of fused-ring (bicyclic) bond motifs is 1. The summed E-state index contributed by atoms with van der Waals surface area (Å²) in [6.45, 7) is 7.00. The summed E-state index contributed by atoms with van der Waals surface area (Å²) in [5.41, 5.74) is 3.56. The van der Waals surface area contributed by atoms with Crippen LogP contribution in [0.3, 0.4) is 0 Å². The van der Waals surface area contributed by atoms with E-state index in [1.165, 1.54) is 4.57 Å². The average molecular weight is 620 g/mol. The highest BCUT2D eigenvalue weighted by Crippen LogP contribution is 2.27. The summed E-state index contributed by atoms with van der Waals surface area (Å²) in [6, 6.07) is 16.7. The molecule has 3 N–H and O–H groups in total. The first-order valence-electron chi connectivity index (χ1n) is 15.4. The highest BCUT2D eigenvalue weighted by Gasteiger charge is 2.32. The standard InChI is InChI=1S/C32H41N7O4S/c1-33-22-24-3-7-27(8-4-24)38-23-26-21-30(35-31(26)36-32(38)40)25-5-9-29(10-6-25)44(41,42)39(28-11-13-34-14-12-28)16-2-15-37-17-19-43-20-18-37/h3-10,21,23,28,33-34H,2,11-20,22H2,1H3,(H,35,36,40). The van der Waals surface area contributed by atoms with Gasteiger partial charge in [0.15, 0.2) is 0 Å². The maximum atomic E-state index is 14.0. The number of benzene rings is 2. The first kappa shape index (κ1) is 30.6. The fourth-order valence-electron chi connectivity index (χ4n) is 6.12. The van der Waals surface area contributed by atoms with Crippen molar-refractivity contribution in [2.75, 3.05) is 59.5 Å². The first-order valence-corrected chi connectivity index (χ1v) is 16.9. The van der Waals surface area contributed by atoms with Crippen molar-refractivity contribution in [3.63, 3.8) is 0 Å². The molecule has 0 amide bonds. The number of sulfonamides is 1. The third-order valence-electron chi connectivity index (χ3n) is 8.55. The van der Waals surface area contributed by atoms with Gasteiger partial charge in [-0.25, -0.2) is 13.2 Å². The van der Waals surface area contributed by atoms with Crippen molar-refractivity contribution in [2.24, 2.45) is 0 Å². The zero-order chi connectivity index (χ0) is 30.5. The van der Waals surface area contributed by atoms with Crippen molar-refractivity contribution in [3.05, 3.63) is 76.8 Å². The predicted octanol–water partition coefficient (Wildman–Crippen LogP) is 2.57. The summed E-state index contributed by atoms with van der Waals surface area (Å²) < 4.78 is 36.7. The molecule has 6 rings (SSSR count). The molecule has 4 aromatic rings. The quantitative estimate of drug-likeness (QED) is 0.234. The maximum absolute atomic E-state index is 14.0. The SMILES string of the molecule is CNCc1ccc(-n2cc3cc(-c4ccc(S(=O)(=O)N(CCCN5CCOCC5)C5CCNCC5)cc4)[nH]c3nc2=O)cc1. The van der Waals surface area contributed by atoms with Crippen LogP contribution < -0.4 is 16.3 Å². The largest absolute Gasteiger partial charge is 0.379 e. The molecule has 2 fully saturated rings. The van der Waals surface area contributed by atoms with Crippen LogP contribution in [-0.2, 0) is 21.3 Å². The highest BCUT2D eigenvalue weighted by molar-refractivity contribution is 7.89. The number of nitrogens with zero attached hydrogens (tertiary/aromatic N) is 4. The van der Waals surface area contributed by atoms with E-state index in [0.29, 0.717) is 17.1 Å². The van der Waals surface area contributed by atoms with Crippen molar-refractivity contribution in [1.29, 1.82) is 0 Å². The van der Waals surface area contributed by atoms with Gasteiger partial charge in [-0.3, -0.25) is 9.47 Å². The van der Waals surface area contributed by atoms with E-state index < -0.39 is 10.0 Å². The lowest BCUT2D eigenvalue weighted by molar-refractivity contribution is 0.0365. The summed E-state index contributed by atoms with van der Waals surface area (Å²) >= 11 is 0. The minimum atomic E-state index is -3.68. The van der Waals surface area contributed by atoms with Crippen LogP contribution in [0.4, 0.5) is 0 Å². The molecule has 0 aliphatic carbocycles. The summed E-state index contributed by atoms with van der Waals surface area (Å²) in [5.74, 6) is 0. The molecule has 11 nitrogen and oxygen atoms in total. The van der Waals surface area contributed by atoms with Crippen molar-refractivity contribution in [1.82, 2.24) is 34.4 Å². The maximum Gasteiger partial charge on any atom is 0.354 e. The van der Waals surface area contributed by atoms with E-state index in [1.54, 1.807) is 22.6 Å². The number of hydrogen-bond donors (Lipinski definition) is 3. The Morgan fingerprint density at radius 2 is 1.77 bits per heavy atom. The second kappa shape index (κ2) is 13.7. The van der Waals surface area contributed by atoms with Gasteiger partial charge in [0.2, 0.25) is 10.0 Å². The van der Waals surface area contributed by atoms with Crippen LogP contribution in [0.5, 0.6) is 0 Å². The average Bonchev–Trinajstić information content (AvgIpc) is 3.47.